The average molecular weight is 383 g/mol. The molecule has 1 atom stereocenters. The van der Waals surface area contributed by atoms with Gasteiger partial charge in [-0.2, -0.15) is 17.8 Å². The van der Waals surface area contributed by atoms with Crippen molar-refractivity contribution in [3.05, 3.63) is 12.4 Å². The molecule has 4 rings (SSSR count). The molecule has 1 aromatic heterocycles. The van der Waals surface area contributed by atoms with Crippen molar-refractivity contribution in [3.8, 4) is 0 Å². The average Bonchev–Trinajstić information content (AvgIpc) is 3.18. The number of aryl methyl sites for hydroxylation is 1. The van der Waals surface area contributed by atoms with Crippen LogP contribution < -0.4 is 9.62 Å². The predicted octanol–water partition coefficient (Wildman–Crippen LogP) is -0.139. The Labute approximate surface area is 153 Å². The van der Waals surface area contributed by atoms with Gasteiger partial charge in [0.05, 0.1) is 31.1 Å². The Bertz CT molecular complexity index is 801. The fraction of sp³-hybridized carbons (Fsp3) is 0.750. The van der Waals surface area contributed by atoms with Crippen molar-refractivity contribution in [1.82, 2.24) is 19.4 Å². The van der Waals surface area contributed by atoms with Crippen LogP contribution in [0.25, 0.3) is 0 Å². The third-order valence-corrected chi connectivity index (χ3v) is 7.49. The second-order valence-electron chi connectivity index (χ2n) is 7.78. The summed E-state index contributed by atoms with van der Waals surface area (Å²) in [5.41, 5.74) is 0.737. The Morgan fingerprint density at radius 3 is 2.77 bits per heavy atom. The maximum atomic E-state index is 12.7. The van der Waals surface area contributed by atoms with E-state index in [4.69, 9.17) is 4.74 Å². The highest BCUT2D eigenvalue weighted by Crippen LogP contribution is 2.49. The zero-order chi connectivity index (χ0) is 18.5. The highest BCUT2D eigenvalue weighted by molar-refractivity contribution is 7.90. The zero-order valence-corrected chi connectivity index (χ0v) is 15.9. The topological polar surface area (TPSA) is 96.8 Å². The first kappa shape index (κ1) is 17.7. The van der Waals surface area contributed by atoms with Crippen LogP contribution in [0.1, 0.15) is 26.2 Å². The van der Waals surface area contributed by atoms with Crippen LogP contribution in [0.5, 0.6) is 0 Å². The van der Waals surface area contributed by atoms with E-state index in [0.717, 1.165) is 25.9 Å². The van der Waals surface area contributed by atoms with Gasteiger partial charge < -0.3 is 10.1 Å². The lowest BCUT2D eigenvalue weighted by molar-refractivity contribution is -0.123. The molecule has 1 aromatic rings. The van der Waals surface area contributed by atoms with E-state index >= 15 is 0 Å². The van der Waals surface area contributed by atoms with E-state index in [9.17, 15) is 13.2 Å². The molecule has 1 unspecified atom stereocenters. The van der Waals surface area contributed by atoms with Gasteiger partial charge in [-0.1, -0.05) is 0 Å². The predicted molar refractivity (Wildman–Crippen MR) is 94.7 cm³/mol. The summed E-state index contributed by atoms with van der Waals surface area (Å²) in [6, 6.07) is 0.121. The van der Waals surface area contributed by atoms with Gasteiger partial charge in [0.15, 0.2) is 0 Å². The van der Waals surface area contributed by atoms with Crippen LogP contribution in [0.3, 0.4) is 0 Å². The minimum Gasteiger partial charge on any atom is -0.378 e. The third kappa shape index (κ3) is 3.10. The van der Waals surface area contributed by atoms with Crippen LogP contribution in [-0.2, 0) is 26.8 Å². The van der Waals surface area contributed by atoms with Gasteiger partial charge in [0.2, 0.25) is 5.91 Å². The normalized spacial score (nSPS) is 33.5. The standard InChI is InChI=1S/C16H25N5O4S/c1-12-5-16(11-25-12)6-13(7-16)18-15(22)10-20-3-4-21(26(20,23)24)14-8-17-19(2)9-14/h8-9,12-13H,3-7,10-11H2,1-2H3,(H,18,22). The maximum absolute atomic E-state index is 12.7. The van der Waals surface area contributed by atoms with Crippen molar-refractivity contribution >= 4 is 21.8 Å². The van der Waals surface area contributed by atoms with Crippen molar-refractivity contribution in [2.45, 2.75) is 38.3 Å². The summed E-state index contributed by atoms with van der Waals surface area (Å²) in [6.45, 7) is 3.32. The Hall–Kier alpha value is -1.65. The van der Waals surface area contributed by atoms with Gasteiger partial charge in [0.25, 0.3) is 0 Å². The number of carbonyl (C=O) groups is 1. The second-order valence-corrected chi connectivity index (χ2v) is 9.64. The first-order valence-corrected chi connectivity index (χ1v) is 10.3. The van der Waals surface area contributed by atoms with E-state index in [0.29, 0.717) is 24.9 Å². The van der Waals surface area contributed by atoms with E-state index in [1.165, 1.54) is 14.8 Å². The number of ether oxygens (including phenoxy) is 1. The molecule has 10 heteroatoms. The number of amides is 1. The Morgan fingerprint density at radius 2 is 2.15 bits per heavy atom. The van der Waals surface area contributed by atoms with Crippen LogP contribution in [0, 0.1) is 5.41 Å². The summed E-state index contributed by atoms with van der Waals surface area (Å²) in [5.74, 6) is -0.242. The van der Waals surface area contributed by atoms with Crippen LogP contribution in [0.4, 0.5) is 5.69 Å². The monoisotopic (exact) mass is 383 g/mol. The number of aromatic nitrogens is 2. The molecule has 9 nitrogen and oxygen atoms in total. The largest absolute Gasteiger partial charge is 0.378 e. The Balaban J connectivity index is 1.31. The summed E-state index contributed by atoms with van der Waals surface area (Å²) >= 11 is 0. The maximum Gasteiger partial charge on any atom is 0.304 e. The fourth-order valence-corrected chi connectivity index (χ4v) is 5.93. The van der Waals surface area contributed by atoms with Crippen LogP contribution >= 0.6 is 0 Å². The lowest BCUT2D eigenvalue weighted by atomic mass is 9.64. The number of hydrogen-bond acceptors (Lipinski definition) is 5. The van der Waals surface area contributed by atoms with Gasteiger partial charge in [0.1, 0.15) is 0 Å². The quantitative estimate of drug-likeness (QED) is 0.781. The number of nitrogens with one attached hydrogen (secondary N) is 1. The Kier molecular flexibility index (Phi) is 4.24. The molecule has 1 aliphatic carbocycles. The molecule has 1 saturated carbocycles. The summed E-state index contributed by atoms with van der Waals surface area (Å²) in [7, 11) is -1.95. The molecule has 144 valence electrons. The van der Waals surface area contributed by atoms with Crippen molar-refractivity contribution < 1.29 is 17.9 Å². The van der Waals surface area contributed by atoms with Crippen LogP contribution in [0.2, 0.25) is 0 Å². The van der Waals surface area contributed by atoms with Crippen molar-refractivity contribution in [2.24, 2.45) is 12.5 Å². The number of anilines is 1. The minimum absolute atomic E-state index is 0.121. The van der Waals surface area contributed by atoms with Crippen LogP contribution in [0.15, 0.2) is 12.4 Å². The molecule has 2 aliphatic heterocycles. The molecule has 3 heterocycles. The van der Waals surface area contributed by atoms with E-state index in [2.05, 4.69) is 17.3 Å². The van der Waals surface area contributed by atoms with Gasteiger partial charge in [-0.05, 0) is 26.2 Å². The van der Waals surface area contributed by atoms with Crippen molar-refractivity contribution in [1.29, 1.82) is 0 Å². The second kappa shape index (κ2) is 6.21. The summed E-state index contributed by atoms with van der Waals surface area (Å²) < 4.78 is 35.1. The van der Waals surface area contributed by atoms with Crippen LogP contribution in [-0.4, -0.2) is 66.8 Å². The van der Waals surface area contributed by atoms with E-state index in [1.807, 2.05) is 0 Å². The molecular formula is C16H25N5O4S. The molecule has 1 amide bonds. The molecule has 1 N–H and O–H groups in total. The number of nitrogens with zero attached hydrogens (tertiary/aromatic N) is 4. The third-order valence-electron chi connectivity index (χ3n) is 5.57. The smallest absolute Gasteiger partial charge is 0.304 e. The van der Waals surface area contributed by atoms with Gasteiger partial charge in [-0.25, -0.2) is 0 Å². The zero-order valence-electron chi connectivity index (χ0n) is 15.1. The van der Waals surface area contributed by atoms with Crippen molar-refractivity contribution in [2.75, 3.05) is 30.5 Å². The molecule has 2 saturated heterocycles. The van der Waals surface area contributed by atoms with Crippen molar-refractivity contribution in [3.63, 3.8) is 0 Å². The lowest BCUT2D eigenvalue weighted by Gasteiger charge is -2.44. The molecule has 0 bridgehead atoms. The molecule has 0 radical (unpaired) electrons. The number of hydrogen-bond donors (Lipinski definition) is 1. The van der Waals surface area contributed by atoms with Gasteiger partial charge >= 0.3 is 10.2 Å². The molecule has 0 aromatic carbocycles. The number of carbonyl (C=O) groups excluding carboxylic acids is 1. The summed E-state index contributed by atoms with van der Waals surface area (Å²) in [6.07, 6.45) is 6.33. The molecule has 1 spiro atoms. The molecule has 26 heavy (non-hydrogen) atoms. The summed E-state index contributed by atoms with van der Waals surface area (Å²) in [5, 5.41) is 6.98. The Morgan fingerprint density at radius 1 is 1.38 bits per heavy atom. The SMILES string of the molecule is CC1CC2(CO1)CC(NC(=O)CN1CCN(c3cnn(C)c3)S1(=O)=O)C2. The molecular weight excluding hydrogens is 358 g/mol. The van der Waals surface area contributed by atoms with E-state index < -0.39 is 10.2 Å². The highest BCUT2D eigenvalue weighted by atomic mass is 32.2. The van der Waals surface area contributed by atoms with E-state index in [-0.39, 0.29) is 23.9 Å². The van der Waals surface area contributed by atoms with Gasteiger partial charge in [-0.3, -0.25) is 13.8 Å². The minimum atomic E-state index is -3.68. The molecule has 3 fully saturated rings. The van der Waals surface area contributed by atoms with Gasteiger partial charge in [0, 0.05) is 37.8 Å². The lowest BCUT2D eigenvalue weighted by Crippen LogP contribution is -2.53. The summed E-state index contributed by atoms with van der Waals surface area (Å²) in [4.78, 5) is 12.3. The number of rotatable bonds is 4. The first-order chi connectivity index (χ1) is 12.3. The van der Waals surface area contributed by atoms with E-state index in [1.54, 1.807) is 17.9 Å². The molecule has 3 aliphatic rings. The fourth-order valence-electron chi connectivity index (χ4n) is 4.38. The first-order valence-electron chi connectivity index (χ1n) is 8.95. The highest BCUT2D eigenvalue weighted by Gasteiger charge is 2.49. The van der Waals surface area contributed by atoms with Gasteiger partial charge in [-0.15, -0.1) is 0 Å².